The molecule has 0 aromatic carbocycles. The van der Waals surface area contributed by atoms with Crippen LogP contribution in [0.15, 0.2) is 12.5 Å². The lowest BCUT2D eigenvalue weighted by atomic mass is 10.0. The number of thioether (sulfide) groups is 1. The molecule has 0 aliphatic heterocycles. The van der Waals surface area contributed by atoms with E-state index in [1.807, 2.05) is 6.26 Å². The molecule has 1 heterocycles. The van der Waals surface area contributed by atoms with Gasteiger partial charge in [-0.3, -0.25) is 19.2 Å². The maximum Gasteiger partial charge on any atom is 0.326 e. The fraction of sp³-hybridized carbons (Fsp3) is 0.619. The van der Waals surface area contributed by atoms with Gasteiger partial charge in [-0.1, -0.05) is 13.8 Å². The monoisotopic (exact) mass is 514 g/mol. The van der Waals surface area contributed by atoms with E-state index in [0.717, 1.165) is 0 Å². The number of hydrogen-bond donors (Lipinski definition) is 7. The highest BCUT2D eigenvalue weighted by molar-refractivity contribution is 7.98. The van der Waals surface area contributed by atoms with Crippen LogP contribution in [0.2, 0.25) is 0 Å². The SMILES string of the molecule is CSCCC(NC(=O)C(N)Cc1cnc[nH]1)C(=O)NC(CC(C)C)C(=O)NC(CC(=O)O)C(=O)O. The normalized spacial score (nSPS) is 14.4. The van der Waals surface area contributed by atoms with Gasteiger partial charge >= 0.3 is 11.9 Å². The number of aliphatic carboxylic acids is 2. The highest BCUT2D eigenvalue weighted by atomic mass is 32.2. The molecule has 196 valence electrons. The first-order valence-electron chi connectivity index (χ1n) is 11.0. The van der Waals surface area contributed by atoms with E-state index in [1.165, 1.54) is 24.3 Å². The summed E-state index contributed by atoms with van der Waals surface area (Å²) in [4.78, 5) is 67.4. The molecule has 0 fully saturated rings. The third-order valence-corrected chi connectivity index (χ3v) is 5.55. The van der Waals surface area contributed by atoms with Gasteiger partial charge in [0.1, 0.15) is 18.1 Å². The first-order chi connectivity index (χ1) is 16.4. The average molecular weight is 515 g/mol. The first-order valence-corrected chi connectivity index (χ1v) is 12.4. The minimum absolute atomic E-state index is 0.0594. The number of nitrogens with one attached hydrogen (secondary N) is 4. The van der Waals surface area contributed by atoms with E-state index in [9.17, 15) is 29.1 Å². The lowest BCUT2D eigenvalue weighted by molar-refractivity contribution is -0.147. The molecule has 1 rings (SSSR count). The van der Waals surface area contributed by atoms with Gasteiger partial charge in [-0.25, -0.2) is 9.78 Å². The molecular formula is C21H34N6O7S. The van der Waals surface area contributed by atoms with Crippen LogP contribution in [0.4, 0.5) is 0 Å². The topological polar surface area (TPSA) is 217 Å². The van der Waals surface area contributed by atoms with E-state index in [2.05, 4.69) is 25.9 Å². The fourth-order valence-corrected chi connectivity index (χ4v) is 3.60. The summed E-state index contributed by atoms with van der Waals surface area (Å²) in [6.07, 6.45) is 4.63. The van der Waals surface area contributed by atoms with Crippen LogP contribution in [0.5, 0.6) is 0 Å². The van der Waals surface area contributed by atoms with E-state index in [4.69, 9.17) is 10.8 Å². The Balaban J connectivity index is 2.93. The number of carboxylic acid groups (broad SMARTS) is 2. The van der Waals surface area contributed by atoms with Crippen LogP contribution < -0.4 is 21.7 Å². The molecule has 0 spiro atoms. The van der Waals surface area contributed by atoms with Gasteiger partial charge in [-0.05, 0) is 30.8 Å². The Morgan fingerprint density at radius 3 is 2.14 bits per heavy atom. The van der Waals surface area contributed by atoms with E-state index in [0.29, 0.717) is 11.4 Å². The summed E-state index contributed by atoms with van der Waals surface area (Å²) in [5.74, 6) is -4.44. The number of aromatic nitrogens is 2. The molecular weight excluding hydrogens is 480 g/mol. The Labute approximate surface area is 207 Å². The Bertz CT molecular complexity index is 864. The summed E-state index contributed by atoms with van der Waals surface area (Å²) in [6, 6.07) is -4.72. The number of H-pyrrole nitrogens is 1. The van der Waals surface area contributed by atoms with Crippen molar-refractivity contribution in [3.05, 3.63) is 18.2 Å². The zero-order chi connectivity index (χ0) is 26.5. The third-order valence-electron chi connectivity index (χ3n) is 4.91. The predicted molar refractivity (Wildman–Crippen MR) is 128 cm³/mol. The van der Waals surface area contributed by atoms with Gasteiger partial charge in [0.15, 0.2) is 0 Å². The van der Waals surface area contributed by atoms with E-state index in [1.54, 1.807) is 13.8 Å². The maximum atomic E-state index is 13.0. The molecule has 13 nitrogen and oxygen atoms in total. The molecule has 35 heavy (non-hydrogen) atoms. The van der Waals surface area contributed by atoms with Gasteiger partial charge < -0.3 is 36.9 Å². The highest BCUT2D eigenvalue weighted by Crippen LogP contribution is 2.09. The standard InChI is InChI=1S/C21H34N6O7S/c1-11(2)6-15(20(32)27-16(21(33)34)8-17(28)29)26-19(31)14(4-5-35-3)25-18(30)13(22)7-12-9-23-10-24-12/h9-11,13-16H,4-8,22H2,1-3H3,(H,23,24)(H,25,30)(H,26,31)(H,27,32)(H,28,29)(H,33,34). The van der Waals surface area contributed by atoms with Crippen LogP contribution in [0.25, 0.3) is 0 Å². The molecule has 0 saturated heterocycles. The average Bonchev–Trinajstić information content (AvgIpc) is 3.27. The zero-order valence-electron chi connectivity index (χ0n) is 19.9. The molecule has 14 heteroatoms. The van der Waals surface area contributed by atoms with Crippen molar-refractivity contribution in [2.75, 3.05) is 12.0 Å². The summed E-state index contributed by atoms with van der Waals surface area (Å²) in [5.41, 5.74) is 6.61. The van der Waals surface area contributed by atoms with Crippen molar-refractivity contribution in [3.8, 4) is 0 Å². The van der Waals surface area contributed by atoms with Gasteiger partial charge in [0.25, 0.3) is 0 Å². The Morgan fingerprint density at radius 2 is 1.63 bits per heavy atom. The summed E-state index contributed by atoms with van der Waals surface area (Å²) in [6.45, 7) is 3.61. The highest BCUT2D eigenvalue weighted by Gasteiger charge is 2.31. The number of carbonyl (C=O) groups excluding carboxylic acids is 3. The fourth-order valence-electron chi connectivity index (χ4n) is 3.13. The van der Waals surface area contributed by atoms with E-state index >= 15 is 0 Å². The second-order valence-corrected chi connectivity index (χ2v) is 9.40. The van der Waals surface area contributed by atoms with Crippen LogP contribution >= 0.6 is 11.8 Å². The van der Waals surface area contributed by atoms with Crippen LogP contribution in [-0.2, 0) is 30.4 Å². The van der Waals surface area contributed by atoms with Crippen molar-refractivity contribution >= 4 is 41.4 Å². The van der Waals surface area contributed by atoms with Gasteiger partial charge in [-0.2, -0.15) is 11.8 Å². The molecule has 4 unspecified atom stereocenters. The molecule has 0 saturated carbocycles. The van der Waals surface area contributed by atoms with Crippen molar-refractivity contribution in [2.45, 2.75) is 63.7 Å². The minimum Gasteiger partial charge on any atom is -0.481 e. The number of imidazole rings is 1. The smallest absolute Gasteiger partial charge is 0.326 e. The molecule has 4 atom stereocenters. The van der Waals surface area contributed by atoms with Crippen molar-refractivity contribution < 1.29 is 34.2 Å². The number of carboxylic acids is 2. The second-order valence-electron chi connectivity index (χ2n) is 8.42. The lowest BCUT2D eigenvalue weighted by Gasteiger charge is -2.26. The number of rotatable bonds is 16. The predicted octanol–water partition coefficient (Wildman–Crippen LogP) is -0.908. The minimum atomic E-state index is -1.65. The maximum absolute atomic E-state index is 13.0. The quantitative estimate of drug-likeness (QED) is 0.144. The molecule has 3 amide bonds. The van der Waals surface area contributed by atoms with Crippen LogP contribution in [0, 0.1) is 5.92 Å². The summed E-state index contributed by atoms with van der Waals surface area (Å²) in [7, 11) is 0. The van der Waals surface area contributed by atoms with Crippen molar-refractivity contribution in [1.29, 1.82) is 0 Å². The van der Waals surface area contributed by atoms with Crippen LogP contribution in [0.1, 0.15) is 38.8 Å². The van der Waals surface area contributed by atoms with Gasteiger partial charge in [0.2, 0.25) is 17.7 Å². The second kappa shape index (κ2) is 15.0. The van der Waals surface area contributed by atoms with Gasteiger partial charge in [0.05, 0.1) is 18.8 Å². The van der Waals surface area contributed by atoms with E-state index < -0.39 is 60.2 Å². The molecule has 1 aromatic heterocycles. The zero-order valence-corrected chi connectivity index (χ0v) is 20.8. The Hall–Kier alpha value is -3.13. The third kappa shape index (κ3) is 11.2. The van der Waals surface area contributed by atoms with Gasteiger partial charge in [0, 0.05) is 18.3 Å². The number of nitrogens with zero attached hydrogens (tertiary/aromatic N) is 1. The molecule has 0 radical (unpaired) electrons. The van der Waals surface area contributed by atoms with Crippen molar-refractivity contribution in [2.24, 2.45) is 11.7 Å². The molecule has 1 aromatic rings. The summed E-state index contributed by atoms with van der Waals surface area (Å²) < 4.78 is 0. The first kappa shape index (κ1) is 29.9. The summed E-state index contributed by atoms with van der Waals surface area (Å²) >= 11 is 1.46. The molecule has 8 N–H and O–H groups in total. The lowest BCUT2D eigenvalue weighted by Crippen LogP contribution is -2.57. The Morgan fingerprint density at radius 1 is 1.03 bits per heavy atom. The van der Waals surface area contributed by atoms with Crippen molar-refractivity contribution in [1.82, 2.24) is 25.9 Å². The van der Waals surface area contributed by atoms with Crippen LogP contribution in [0.3, 0.4) is 0 Å². The largest absolute Gasteiger partial charge is 0.481 e. The molecule has 0 aliphatic carbocycles. The summed E-state index contributed by atoms with van der Waals surface area (Å²) in [5, 5.41) is 25.5. The number of nitrogens with two attached hydrogens (primary N) is 1. The van der Waals surface area contributed by atoms with Crippen molar-refractivity contribution in [3.63, 3.8) is 0 Å². The number of aromatic amines is 1. The number of amides is 3. The van der Waals surface area contributed by atoms with Crippen LogP contribution in [-0.4, -0.2) is 86.0 Å². The van der Waals surface area contributed by atoms with E-state index in [-0.39, 0.29) is 25.2 Å². The number of carbonyl (C=O) groups is 5. The Kier molecular flexibility index (Phi) is 12.8. The van der Waals surface area contributed by atoms with Gasteiger partial charge in [-0.15, -0.1) is 0 Å². The molecule has 0 aliphatic rings. The number of hydrogen-bond acceptors (Lipinski definition) is 8. The molecule has 0 bridgehead atoms.